The molecule has 0 heterocycles. The highest BCUT2D eigenvalue weighted by molar-refractivity contribution is 6.31. The number of halogens is 1. The van der Waals surface area contributed by atoms with E-state index in [4.69, 9.17) is 16.3 Å². The topological polar surface area (TPSA) is 21.3 Å². The highest BCUT2D eigenvalue weighted by Crippen LogP contribution is 2.31. The molecule has 2 nitrogen and oxygen atoms in total. The number of ether oxygens (including phenoxy) is 1. The molecule has 3 atom stereocenters. The molecule has 1 aromatic carbocycles. The first-order chi connectivity index (χ1) is 9.10. The summed E-state index contributed by atoms with van der Waals surface area (Å²) in [5, 5.41) is 3.98. The average molecular weight is 282 g/mol. The summed E-state index contributed by atoms with van der Waals surface area (Å²) in [5.74, 6) is 1.67. The normalized spacial score (nSPS) is 25.1. The molecular weight excluding hydrogens is 258 g/mol. The van der Waals surface area contributed by atoms with Crippen LogP contribution in [0.3, 0.4) is 0 Å². The van der Waals surface area contributed by atoms with Crippen molar-refractivity contribution in [1.29, 1.82) is 0 Å². The molecule has 0 aliphatic heterocycles. The van der Waals surface area contributed by atoms with E-state index in [0.717, 1.165) is 35.1 Å². The Morgan fingerprint density at radius 1 is 1.37 bits per heavy atom. The summed E-state index contributed by atoms with van der Waals surface area (Å²) in [7, 11) is 1.94. The molecule has 1 fully saturated rings. The fourth-order valence-corrected chi connectivity index (χ4v) is 3.10. The van der Waals surface area contributed by atoms with Crippen LogP contribution in [0.2, 0.25) is 5.02 Å². The van der Waals surface area contributed by atoms with E-state index < -0.39 is 0 Å². The summed E-state index contributed by atoms with van der Waals surface area (Å²) >= 11 is 6.33. The predicted molar refractivity (Wildman–Crippen MR) is 81.0 cm³/mol. The maximum Gasteiger partial charge on any atom is 0.121 e. The lowest BCUT2D eigenvalue weighted by Crippen LogP contribution is -2.24. The zero-order valence-corrected chi connectivity index (χ0v) is 12.8. The van der Waals surface area contributed by atoms with Crippen molar-refractivity contribution in [3.8, 4) is 5.75 Å². The third kappa shape index (κ3) is 3.87. The molecule has 106 valence electrons. The van der Waals surface area contributed by atoms with E-state index in [1.54, 1.807) is 0 Å². The number of hydrogen-bond acceptors (Lipinski definition) is 2. The highest BCUT2D eigenvalue weighted by Gasteiger charge is 2.20. The van der Waals surface area contributed by atoms with E-state index in [2.05, 4.69) is 25.2 Å². The van der Waals surface area contributed by atoms with Crippen LogP contribution in [0.5, 0.6) is 5.75 Å². The Bertz CT molecular complexity index is 421. The number of benzene rings is 1. The Balaban J connectivity index is 2.03. The Morgan fingerprint density at radius 3 is 2.79 bits per heavy atom. The molecule has 0 bridgehead atoms. The Labute approximate surface area is 121 Å². The van der Waals surface area contributed by atoms with Gasteiger partial charge in [-0.2, -0.15) is 0 Å². The monoisotopic (exact) mass is 281 g/mol. The largest absolute Gasteiger partial charge is 0.490 e. The summed E-state index contributed by atoms with van der Waals surface area (Å²) in [5.41, 5.74) is 1.12. The van der Waals surface area contributed by atoms with Crippen molar-refractivity contribution in [2.24, 2.45) is 5.92 Å². The fraction of sp³-hybridized carbons (Fsp3) is 0.625. The van der Waals surface area contributed by atoms with E-state index in [0.29, 0.717) is 6.10 Å². The molecule has 0 aromatic heterocycles. The van der Waals surface area contributed by atoms with Crippen molar-refractivity contribution in [1.82, 2.24) is 5.32 Å². The van der Waals surface area contributed by atoms with Gasteiger partial charge in [0.25, 0.3) is 0 Å². The third-order valence-electron chi connectivity index (χ3n) is 4.06. The van der Waals surface area contributed by atoms with Crippen LogP contribution in [0.25, 0.3) is 0 Å². The standard InChI is InChI=1S/C16H24ClNO/c1-11-5-4-6-13(9-11)19-14-7-8-15(12(2)18-3)16(17)10-14/h7-8,10-13,18H,4-6,9H2,1-3H3. The van der Waals surface area contributed by atoms with E-state index in [-0.39, 0.29) is 6.04 Å². The van der Waals surface area contributed by atoms with Crippen molar-refractivity contribution >= 4 is 11.6 Å². The molecule has 3 unspecified atom stereocenters. The molecule has 1 N–H and O–H groups in total. The summed E-state index contributed by atoms with van der Waals surface area (Å²) in [6.45, 7) is 4.41. The first kappa shape index (κ1) is 14.7. The van der Waals surface area contributed by atoms with Gasteiger partial charge in [-0.3, -0.25) is 0 Å². The van der Waals surface area contributed by atoms with Crippen LogP contribution in [0, 0.1) is 5.92 Å². The minimum absolute atomic E-state index is 0.260. The summed E-state index contributed by atoms with van der Waals surface area (Å²) < 4.78 is 6.07. The Kier molecular flexibility index (Phi) is 5.12. The maximum atomic E-state index is 6.33. The smallest absolute Gasteiger partial charge is 0.121 e. The highest BCUT2D eigenvalue weighted by atomic mass is 35.5. The molecule has 0 radical (unpaired) electrons. The molecule has 0 spiro atoms. The van der Waals surface area contributed by atoms with Crippen LogP contribution >= 0.6 is 11.6 Å². The Morgan fingerprint density at radius 2 is 2.16 bits per heavy atom. The number of hydrogen-bond donors (Lipinski definition) is 1. The van der Waals surface area contributed by atoms with Crippen LogP contribution in [-0.2, 0) is 0 Å². The third-order valence-corrected chi connectivity index (χ3v) is 4.39. The van der Waals surface area contributed by atoms with Gasteiger partial charge >= 0.3 is 0 Å². The first-order valence-electron chi connectivity index (χ1n) is 7.23. The van der Waals surface area contributed by atoms with Crippen molar-refractivity contribution in [3.63, 3.8) is 0 Å². The van der Waals surface area contributed by atoms with Gasteiger partial charge in [-0.1, -0.05) is 31.0 Å². The fourth-order valence-electron chi connectivity index (χ4n) is 2.77. The second-order valence-electron chi connectivity index (χ2n) is 5.71. The van der Waals surface area contributed by atoms with Crippen molar-refractivity contribution in [2.75, 3.05) is 7.05 Å². The van der Waals surface area contributed by atoms with Gasteiger partial charge in [-0.25, -0.2) is 0 Å². The SMILES string of the molecule is CNC(C)c1ccc(OC2CCCC(C)C2)cc1Cl. The van der Waals surface area contributed by atoms with Crippen molar-refractivity contribution < 1.29 is 4.74 Å². The second-order valence-corrected chi connectivity index (χ2v) is 6.11. The van der Waals surface area contributed by atoms with Gasteiger partial charge in [-0.15, -0.1) is 0 Å². The molecule has 2 rings (SSSR count). The second kappa shape index (κ2) is 6.62. The molecule has 19 heavy (non-hydrogen) atoms. The molecule has 1 aromatic rings. The van der Waals surface area contributed by atoms with Crippen LogP contribution in [0.1, 0.15) is 51.1 Å². The van der Waals surface area contributed by atoms with E-state index in [1.165, 1.54) is 12.8 Å². The summed E-state index contributed by atoms with van der Waals surface area (Å²) in [6.07, 6.45) is 5.28. The molecule has 0 amide bonds. The van der Waals surface area contributed by atoms with Gasteiger partial charge in [0.2, 0.25) is 0 Å². The van der Waals surface area contributed by atoms with Gasteiger partial charge in [0.1, 0.15) is 5.75 Å². The van der Waals surface area contributed by atoms with Gasteiger partial charge in [-0.05, 0) is 56.8 Å². The number of rotatable bonds is 4. The molecule has 1 saturated carbocycles. The summed E-state index contributed by atoms with van der Waals surface area (Å²) in [4.78, 5) is 0. The zero-order valence-electron chi connectivity index (χ0n) is 12.1. The van der Waals surface area contributed by atoms with Gasteiger partial charge in [0, 0.05) is 11.1 Å². The molecule has 3 heteroatoms. The van der Waals surface area contributed by atoms with Crippen LogP contribution in [0.4, 0.5) is 0 Å². The molecule has 0 saturated heterocycles. The zero-order chi connectivity index (χ0) is 13.8. The lowest BCUT2D eigenvalue weighted by Gasteiger charge is -2.27. The average Bonchev–Trinajstić information content (AvgIpc) is 2.38. The number of nitrogens with one attached hydrogen (secondary N) is 1. The predicted octanol–water partition coefficient (Wildman–Crippen LogP) is 4.58. The minimum Gasteiger partial charge on any atom is -0.490 e. The van der Waals surface area contributed by atoms with E-state index >= 15 is 0 Å². The lowest BCUT2D eigenvalue weighted by molar-refractivity contribution is 0.129. The quantitative estimate of drug-likeness (QED) is 0.872. The van der Waals surface area contributed by atoms with Crippen LogP contribution in [0.15, 0.2) is 18.2 Å². The summed E-state index contributed by atoms with van der Waals surface area (Å²) in [6, 6.07) is 6.31. The first-order valence-corrected chi connectivity index (χ1v) is 7.61. The maximum absolute atomic E-state index is 6.33. The minimum atomic E-state index is 0.260. The molecule has 1 aliphatic carbocycles. The van der Waals surface area contributed by atoms with Gasteiger partial charge in [0.15, 0.2) is 0 Å². The lowest BCUT2D eigenvalue weighted by atomic mass is 9.89. The van der Waals surface area contributed by atoms with Crippen molar-refractivity contribution in [2.45, 2.75) is 51.7 Å². The van der Waals surface area contributed by atoms with E-state index in [9.17, 15) is 0 Å². The van der Waals surface area contributed by atoms with Gasteiger partial charge in [0.05, 0.1) is 6.10 Å². The van der Waals surface area contributed by atoms with Crippen molar-refractivity contribution in [3.05, 3.63) is 28.8 Å². The molecule has 1 aliphatic rings. The van der Waals surface area contributed by atoms with Crippen LogP contribution in [-0.4, -0.2) is 13.2 Å². The molecular formula is C16H24ClNO. The van der Waals surface area contributed by atoms with E-state index in [1.807, 2.05) is 19.2 Å². The van der Waals surface area contributed by atoms with Crippen LogP contribution < -0.4 is 10.1 Å². The van der Waals surface area contributed by atoms with Gasteiger partial charge < -0.3 is 10.1 Å². The Hall–Kier alpha value is -0.730.